The van der Waals surface area contributed by atoms with E-state index in [1.165, 1.54) is 6.07 Å². The third kappa shape index (κ3) is 3.79. The minimum absolute atomic E-state index is 0.192. The summed E-state index contributed by atoms with van der Waals surface area (Å²) in [5.41, 5.74) is 0.257. The smallest absolute Gasteiger partial charge is 0.318 e. The fourth-order valence-corrected chi connectivity index (χ4v) is 2.49. The number of hydrogen-bond donors (Lipinski definition) is 1. The lowest BCUT2D eigenvalue weighted by Crippen LogP contribution is -2.16. The van der Waals surface area contributed by atoms with E-state index in [1.807, 2.05) is 0 Å². The summed E-state index contributed by atoms with van der Waals surface area (Å²) in [6.45, 7) is 0. The van der Waals surface area contributed by atoms with E-state index >= 15 is 0 Å². The van der Waals surface area contributed by atoms with Crippen molar-refractivity contribution in [3.63, 3.8) is 0 Å². The number of carboxylic acid groups (broad SMARTS) is 1. The molecule has 0 heterocycles. The summed E-state index contributed by atoms with van der Waals surface area (Å²) in [6, 6.07) is 3.45. The summed E-state index contributed by atoms with van der Waals surface area (Å²) >= 11 is 5.46. The third-order valence-electron chi connectivity index (χ3n) is 1.71. The van der Waals surface area contributed by atoms with Crippen molar-refractivity contribution in [2.75, 3.05) is 5.75 Å². The summed E-state index contributed by atoms with van der Waals surface area (Å²) < 4.78 is 35.3. The molecule has 1 aromatic rings. The average Bonchev–Trinajstić information content (AvgIpc) is 2.08. The van der Waals surface area contributed by atoms with Gasteiger partial charge in [-0.05, 0) is 17.7 Å². The summed E-state index contributed by atoms with van der Waals surface area (Å²) in [7, 11) is -3.74. The first-order valence-electron chi connectivity index (χ1n) is 4.16. The van der Waals surface area contributed by atoms with Crippen LogP contribution in [0.15, 0.2) is 18.2 Å². The first-order valence-corrected chi connectivity index (χ1v) is 6.36. The predicted octanol–water partition coefficient (Wildman–Crippen LogP) is 1.48. The highest BCUT2D eigenvalue weighted by Crippen LogP contribution is 2.17. The molecule has 0 saturated heterocycles. The number of sulfone groups is 1. The highest BCUT2D eigenvalue weighted by Gasteiger charge is 2.17. The van der Waals surface area contributed by atoms with Crippen LogP contribution in [0.2, 0.25) is 5.02 Å². The maximum Gasteiger partial charge on any atom is 0.318 e. The van der Waals surface area contributed by atoms with Gasteiger partial charge in [0.2, 0.25) is 0 Å². The van der Waals surface area contributed by atoms with Crippen LogP contribution in [0.3, 0.4) is 0 Å². The van der Waals surface area contributed by atoms with Crippen LogP contribution in [0, 0.1) is 5.82 Å². The van der Waals surface area contributed by atoms with E-state index in [9.17, 15) is 17.6 Å². The topological polar surface area (TPSA) is 71.4 Å². The zero-order valence-corrected chi connectivity index (χ0v) is 9.55. The number of halogens is 2. The molecule has 0 fully saturated rings. The number of hydrogen-bond acceptors (Lipinski definition) is 3. The Morgan fingerprint density at radius 2 is 2.06 bits per heavy atom. The van der Waals surface area contributed by atoms with Crippen molar-refractivity contribution in [1.82, 2.24) is 0 Å². The van der Waals surface area contributed by atoms with Crippen molar-refractivity contribution in [3.8, 4) is 0 Å². The molecule has 0 atom stereocenters. The van der Waals surface area contributed by atoms with Crippen LogP contribution < -0.4 is 0 Å². The van der Waals surface area contributed by atoms with Crippen molar-refractivity contribution >= 4 is 27.4 Å². The van der Waals surface area contributed by atoms with Crippen molar-refractivity contribution < 1.29 is 22.7 Å². The molecule has 4 nitrogen and oxygen atoms in total. The van der Waals surface area contributed by atoms with Gasteiger partial charge in [0.25, 0.3) is 0 Å². The van der Waals surface area contributed by atoms with Crippen LogP contribution in [0.25, 0.3) is 0 Å². The molecule has 0 spiro atoms. The molecule has 1 N–H and O–H groups in total. The molecular formula is C9H8ClFO4S. The Hall–Kier alpha value is -1.14. The second-order valence-corrected chi connectivity index (χ2v) is 5.65. The second kappa shape index (κ2) is 4.80. The highest BCUT2D eigenvalue weighted by molar-refractivity contribution is 7.91. The number of aliphatic carboxylic acids is 1. The maximum atomic E-state index is 12.8. The van der Waals surface area contributed by atoms with Crippen molar-refractivity contribution in [2.45, 2.75) is 5.75 Å². The maximum absolute atomic E-state index is 12.8. The Bertz CT molecular complexity index is 512. The van der Waals surface area contributed by atoms with E-state index in [4.69, 9.17) is 16.7 Å². The Labute approximate surface area is 96.6 Å². The number of rotatable bonds is 4. The lowest BCUT2D eigenvalue weighted by Gasteiger charge is -2.02. The lowest BCUT2D eigenvalue weighted by molar-refractivity contribution is -0.134. The molecule has 7 heteroatoms. The first kappa shape index (κ1) is 12.9. The minimum atomic E-state index is -3.74. The van der Waals surface area contributed by atoms with Gasteiger partial charge in [-0.3, -0.25) is 4.79 Å². The minimum Gasteiger partial charge on any atom is -0.480 e. The quantitative estimate of drug-likeness (QED) is 0.896. The second-order valence-electron chi connectivity index (χ2n) is 3.17. The van der Waals surface area contributed by atoms with Gasteiger partial charge in [-0.25, -0.2) is 12.8 Å². The predicted molar refractivity (Wildman–Crippen MR) is 56.5 cm³/mol. The van der Waals surface area contributed by atoms with Crippen LogP contribution in [0.5, 0.6) is 0 Å². The number of carboxylic acids is 1. The molecule has 0 amide bonds. The monoisotopic (exact) mass is 266 g/mol. The molecule has 1 rings (SSSR count). The standard InChI is InChI=1S/C9H8ClFO4S/c10-7-3-6(1-2-8(7)11)4-16(14,15)5-9(12)13/h1-3H,4-5H2,(H,12,13). The molecule has 0 aromatic heterocycles. The van der Waals surface area contributed by atoms with Crippen molar-refractivity contribution in [2.24, 2.45) is 0 Å². The Morgan fingerprint density at radius 1 is 1.44 bits per heavy atom. The van der Waals surface area contributed by atoms with Crippen molar-refractivity contribution in [1.29, 1.82) is 0 Å². The molecule has 0 saturated carbocycles. The molecule has 0 bridgehead atoms. The molecule has 0 radical (unpaired) electrons. The lowest BCUT2D eigenvalue weighted by atomic mass is 10.2. The van der Waals surface area contributed by atoms with Gasteiger partial charge in [-0.2, -0.15) is 0 Å². The molecule has 0 aliphatic heterocycles. The van der Waals surface area contributed by atoms with E-state index in [0.717, 1.165) is 12.1 Å². The van der Waals surface area contributed by atoms with E-state index in [-0.39, 0.29) is 10.6 Å². The fourth-order valence-electron chi connectivity index (χ4n) is 1.12. The fraction of sp³-hybridized carbons (Fsp3) is 0.222. The van der Waals surface area contributed by atoms with Gasteiger partial charge >= 0.3 is 5.97 Å². The number of carbonyl (C=O) groups is 1. The summed E-state index contributed by atoms with van der Waals surface area (Å²) in [5, 5.41) is 8.17. The van der Waals surface area contributed by atoms with Crippen LogP contribution in [0.4, 0.5) is 4.39 Å². The highest BCUT2D eigenvalue weighted by atomic mass is 35.5. The number of benzene rings is 1. The molecule has 0 unspecified atom stereocenters. The van der Waals surface area contributed by atoms with Gasteiger partial charge in [0.05, 0.1) is 10.8 Å². The molecule has 1 aromatic carbocycles. The largest absolute Gasteiger partial charge is 0.480 e. The van der Waals surface area contributed by atoms with E-state index < -0.39 is 33.1 Å². The Morgan fingerprint density at radius 3 is 2.56 bits per heavy atom. The molecule has 0 aliphatic carbocycles. The van der Waals surface area contributed by atoms with Crippen LogP contribution >= 0.6 is 11.6 Å². The third-order valence-corrected chi connectivity index (χ3v) is 3.46. The van der Waals surface area contributed by atoms with Crippen molar-refractivity contribution in [3.05, 3.63) is 34.6 Å². The van der Waals surface area contributed by atoms with Gasteiger partial charge in [0.15, 0.2) is 9.84 Å². The molecule has 0 aliphatic rings. The zero-order valence-electron chi connectivity index (χ0n) is 7.98. The van der Waals surface area contributed by atoms with Gasteiger partial charge < -0.3 is 5.11 Å². The van der Waals surface area contributed by atoms with Crippen LogP contribution in [-0.4, -0.2) is 25.2 Å². The van der Waals surface area contributed by atoms with Crippen LogP contribution in [-0.2, 0) is 20.4 Å². The van der Waals surface area contributed by atoms with E-state index in [0.29, 0.717) is 0 Å². The molecular weight excluding hydrogens is 259 g/mol. The van der Waals surface area contributed by atoms with E-state index in [2.05, 4.69) is 0 Å². The van der Waals surface area contributed by atoms with Gasteiger partial charge in [-0.15, -0.1) is 0 Å². The Kier molecular flexibility index (Phi) is 3.88. The van der Waals surface area contributed by atoms with Gasteiger partial charge in [-0.1, -0.05) is 17.7 Å². The van der Waals surface area contributed by atoms with Gasteiger partial charge in [0, 0.05) is 0 Å². The summed E-state index contributed by atoms with van der Waals surface area (Å²) in [6.07, 6.45) is 0. The Balaban J connectivity index is 2.88. The average molecular weight is 267 g/mol. The summed E-state index contributed by atoms with van der Waals surface area (Å²) in [4.78, 5) is 10.3. The van der Waals surface area contributed by atoms with E-state index in [1.54, 1.807) is 0 Å². The van der Waals surface area contributed by atoms with Gasteiger partial charge in [0.1, 0.15) is 11.6 Å². The van der Waals surface area contributed by atoms with Crippen LogP contribution in [0.1, 0.15) is 5.56 Å². The molecule has 88 valence electrons. The molecule has 16 heavy (non-hydrogen) atoms. The first-order chi connectivity index (χ1) is 7.30. The zero-order chi connectivity index (χ0) is 12.3. The summed E-state index contributed by atoms with van der Waals surface area (Å²) in [5.74, 6) is -3.50. The SMILES string of the molecule is O=C(O)CS(=O)(=O)Cc1ccc(F)c(Cl)c1. The normalized spacial score (nSPS) is 11.4.